The topological polar surface area (TPSA) is 118 Å². The fourth-order valence-electron chi connectivity index (χ4n) is 2.97. The van der Waals surface area contributed by atoms with E-state index in [1.165, 1.54) is 6.21 Å². The molecule has 1 aliphatic carbocycles. The van der Waals surface area contributed by atoms with E-state index in [0.717, 1.165) is 29.7 Å². The first-order chi connectivity index (χ1) is 16.3. The second kappa shape index (κ2) is 11.8. The summed E-state index contributed by atoms with van der Waals surface area (Å²) in [5, 5.41) is 9.31. The number of amides is 3. The minimum Gasteiger partial charge on any atom is -0.490 e. The van der Waals surface area contributed by atoms with Crippen LogP contribution in [-0.4, -0.2) is 43.2 Å². The molecule has 3 amide bonds. The lowest BCUT2D eigenvalue weighted by molar-refractivity contribution is -0.139. The molecule has 0 heterocycles. The van der Waals surface area contributed by atoms with E-state index in [0.29, 0.717) is 27.2 Å². The molecule has 34 heavy (non-hydrogen) atoms. The van der Waals surface area contributed by atoms with Crippen molar-refractivity contribution in [3.63, 3.8) is 0 Å². The van der Waals surface area contributed by atoms with Crippen molar-refractivity contribution >= 4 is 52.2 Å². The van der Waals surface area contributed by atoms with Crippen molar-refractivity contribution in [2.45, 2.75) is 39.7 Å². The molecule has 10 heteroatoms. The molecule has 1 saturated carbocycles. The van der Waals surface area contributed by atoms with Gasteiger partial charge in [-0.3, -0.25) is 14.4 Å². The van der Waals surface area contributed by atoms with Crippen molar-refractivity contribution in [1.82, 2.24) is 10.7 Å². The molecular formula is C24H27IN4O5. The molecule has 1 aliphatic rings. The van der Waals surface area contributed by atoms with Crippen LogP contribution >= 0.6 is 22.6 Å². The lowest BCUT2D eigenvalue weighted by Crippen LogP contribution is -2.38. The number of hydrazone groups is 1. The fourth-order valence-corrected chi connectivity index (χ4v) is 3.75. The van der Waals surface area contributed by atoms with Gasteiger partial charge in [0.05, 0.1) is 16.4 Å². The molecule has 3 N–H and O–H groups in total. The minimum atomic E-state index is -0.822. The van der Waals surface area contributed by atoms with Crippen molar-refractivity contribution in [1.29, 1.82) is 0 Å². The molecule has 0 aliphatic heterocycles. The molecule has 0 bridgehead atoms. The summed E-state index contributed by atoms with van der Waals surface area (Å²) in [5.41, 5.74) is 5.67. The molecule has 3 rings (SSSR count). The van der Waals surface area contributed by atoms with Gasteiger partial charge in [-0.05, 0) is 91.1 Å². The van der Waals surface area contributed by atoms with E-state index in [2.05, 4.69) is 43.8 Å². The standard InChI is InChI=1S/C24H27IN4O5/c1-4-33-20-11-16(12-26-29-24(32)23(31)27-17-8-9-17)10-18(25)22(20)34-13-21(30)28-19-7-5-6-14(2)15(19)3/h5-7,10-12,17H,4,8-9,13H2,1-3H3,(H,27,31)(H,28,30)(H,29,32)/b26-12-. The number of nitrogens with one attached hydrogen (secondary N) is 3. The van der Waals surface area contributed by atoms with Gasteiger partial charge in [0, 0.05) is 11.7 Å². The summed E-state index contributed by atoms with van der Waals surface area (Å²) < 4.78 is 12.2. The van der Waals surface area contributed by atoms with Gasteiger partial charge in [0.25, 0.3) is 5.91 Å². The second-order valence-electron chi connectivity index (χ2n) is 7.79. The number of halogens is 1. The van der Waals surface area contributed by atoms with Crippen molar-refractivity contribution in [3.8, 4) is 11.5 Å². The number of rotatable bonds is 9. The number of aryl methyl sites for hydroxylation is 1. The quantitative estimate of drug-likeness (QED) is 0.183. The van der Waals surface area contributed by atoms with Gasteiger partial charge in [0.2, 0.25) is 0 Å². The Morgan fingerprint density at radius 2 is 1.91 bits per heavy atom. The Hall–Kier alpha value is -3.15. The van der Waals surface area contributed by atoms with E-state index < -0.39 is 11.8 Å². The molecule has 9 nitrogen and oxygen atoms in total. The predicted octanol–water partition coefficient (Wildman–Crippen LogP) is 3.05. The average Bonchev–Trinajstić information content (AvgIpc) is 3.60. The van der Waals surface area contributed by atoms with Crippen molar-refractivity contribution in [3.05, 3.63) is 50.6 Å². The van der Waals surface area contributed by atoms with Gasteiger partial charge in [0.1, 0.15) is 0 Å². The summed E-state index contributed by atoms with van der Waals surface area (Å²) in [6.45, 7) is 5.97. The second-order valence-corrected chi connectivity index (χ2v) is 8.96. The fraction of sp³-hybridized carbons (Fsp3) is 0.333. The predicted molar refractivity (Wildman–Crippen MR) is 137 cm³/mol. The zero-order valence-electron chi connectivity index (χ0n) is 19.2. The Bertz CT molecular complexity index is 1110. The molecule has 0 aromatic heterocycles. The molecular weight excluding hydrogens is 551 g/mol. The molecule has 0 atom stereocenters. The molecule has 0 unspecified atom stereocenters. The lowest BCUT2D eigenvalue weighted by Gasteiger charge is -2.15. The Kier molecular flexibility index (Phi) is 8.85. The third-order valence-corrected chi connectivity index (χ3v) is 5.86. The van der Waals surface area contributed by atoms with Crippen molar-refractivity contribution < 1.29 is 23.9 Å². The van der Waals surface area contributed by atoms with Crippen LogP contribution in [0.5, 0.6) is 11.5 Å². The first-order valence-electron chi connectivity index (χ1n) is 10.9. The number of nitrogens with zero attached hydrogens (tertiary/aromatic N) is 1. The Balaban J connectivity index is 1.63. The molecule has 0 saturated heterocycles. The van der Waals surface area contributed by atoms with Crippen LogP contribution in [0.15, 0.2) is 35.4 Å². The summed E-state index contributed by atoms with van der Waals surface area (Å²) in [4.78, 5) is 35.9. The highest BCUT2D eigenvalue weighted by Gasteiger charge is 2.26. The smallest absolute Gasteiger partial charge is 0.329 e. The van der Waals surface area contributed by atoms with Crippen LogP contribution in [0.1, 0.15) is 36.5 Å². The normalized spacial score (nSPS) is 12.8. The third-order valence-electron chi connectivity index (χ3n) is 5.06. The van der Waals surface area contributed by atoms with Gasteiger partial charge in [-0.15, -0.1) is 0 Å². The monoisotopic (exact) mass is 578 g/mol. The number of ether oxygens (including phenoxy) is 2. The largest absolute Gasteiger partial charge is 0.490 e. The number of hydrogen-bond acceptors (Lipinski definition) is 6. The van der Waals surface area contributed by atoms with E-state index in [9.17, 15) is 14.4 Å². The SMILES string of the molecule is CCOc1cc(/C=N\NC(=O)C(=O)NC2CC2)cc(I)c1OCC(=O)Nc1cccc(C)c1C. The first-order valence-corrected chi connectivity index (χ1v) is 12.0. The zero-order chi connectivity index (χ0) is 24.7. The number of benzene rings is 2. The number of carbonyl (C=O) groups excluding carboxylic acids is 3. The van der Waals surface area contributed by atoms with E-state index in [1.54, 1.807) is 12.1 Å². The first kappa shape index (κ1) is 25.5. The van der Waals surface area contributed by atoms with Crippen LogP contribution in [0.4, 0.5) is 5.69 Å². The van der Waals surface area contributed by atoms with Crippen LogP contribution in [0.3, 0.4) is 0 Å². The highest BCUT2D eigenvalue weighted by molar-refractivity contribution is 14.1. The van der Waals surface area contributed by atoms with Crippen LogP contribution in [-0.2, 0) is 14.4 Å². The van der Waals surface area contributed by atoms with Crippen molar-refractivity contribution in [2.24, 2.45) is 5.10 Å². The zero-order valence-corrected chi connectivity index (χ0v) is 21.4. The van der Waals surface area contributed by atoms with Crippen LogP contribution in [0, 0.1) is 17.4 Å². The molecule has 2 aromatic carbocycles. The minimum absolute atomic E-state index is 0.0908. The summed E-state index contributed by atoms with van der Waals surface area (Å²) in [7, 11) is 0. The van der Waals surface area contributed by atoms with E-state index >= 15 is 0 Å². The van der Waals surface area contributed by atoms with Gasteiger partial charge in [-0.2, -0.15) is 5.10 Å². The molecule has 2 aromatic rings. The maximum absolute atomic E-state index is 12.5. The van der Waals surface area contributed by atoms with Crippen LogP contribution < -0.4 is 25.5 Å². The maximum Gasteiger partial charge on any atom is 0.329 e. The summed E-state index contributed by atoms with van der Waals surface area (Å²) >= 11 is 2.08. The Morgan fingerprint density at radius 1 is 1.15 bits per heavy atom. The van der Waals surface area contributed by atoms with E-state index in [-0.39, 0.29) is 18.6 Å². The maximum atomic E-state index is 12.5. The average molecular weight is 578 g/mol. The Morgan fingerprint density at radius 3 is 2.62 bits per heavy atom. The summed E-state index contributed by atoms with van der Waals surface area (Å²) in [5.74, 6) is -0.939. The number of hydrogen-bond donors (Lipinski definition) is 3. The van der Waals surface area contributed by atoms with E-state index in [1.807, 2.05) is 39.0 Å². The number of carbonyl (C=O) groups is 3. The third kappa shape index (κ3) is 7.17. The number of anilines is 1. The van der Waals surface area contributed by atoms with Crippen LogP contribution in [0.25, 0.3) is 0 Å². The Labute approximate surface area is 211 Å². The van der Waals surface area contributed by atoms with Gasteiger partial charge in [-0.1, -0.05) is 12.1 Å². The molecule has 180 valence electrons. The molecule has 0 spiro atoms. The van der Waals surface area contributed by atoms with Gasteiger partial charge in [-0.25, -0.2) is 5.43 Å². The van der Waals surface area contributed by atoms with Crippen molar-refractivity contribution in [2.75, 3.05) is 18.5 Å². The highest BCUT2D eigenvalue weighted by atomic mass is 127. The molecule has 1 fully saturated rings. The van der Waals surface area contributed by atoms with E-state index in [4.69, 9.17) is 9.47 Å². The summed E-state index contributed by atoms with van der Waals surface area (Å²) in [6, 6.07) is 9.25. The van der Waals surface area contributed by atoms with Crippen LogP contribution in [0.2, 0.25) is 0 Å². The highest BCUT2D eigenvalue weighted by Crippen LogP contribution is 2.34. The molecule has 0 radical (unpaired) electrons. The van der Waals surface area contributed by atoms with Gasteiger partial charge in [0.15, 0.2) is 18.1 Å². The van der Waals surface area contributed by atoms with Gasteiger partial charge < -0.3 is 20.1 Å². The summed E-state index contributed by atoms with van der Waals surface area (Å²) in [6.07, 6.45) is 3.19. The van der Waals surface area contributed by atoms with Gasteiger partial charge >= 0.3 is 11.8 Å². The lowest BCUT2D eigenvalue weighted by atomic mass is 10.1.